The third kappa shape index (κ3) is 7.02. The van der Waals surface area contributed by atoms with Gasteiger partial charge in [0.2, 0.25) is 0 Å². The predicted molar refractivity (Wildman–Crippen MR) is 92.7 cm³/mol. The van der Waals surface area contributed by atoms with Gasteiger partial charge in [-0.25, -0.2) is 4.79 Å². The van der Waals surface area contributed by atoms with Gasteiger partial charge in [0, 0.05) is 9.61 Å². The van der Waals surface area contributed by atoms with Gasteiger partial charge < -0.3 is 14.4 Å². The average Bonchev–Trinajstić information content (AvgIpc) is 2.34. The molecule has 0 saturated heterocycles. The molecule has 0 bridgehead atoms. The van der Waals surface area contributed by atoms with Crippen LogP contribution in [0.3, 0.4) is 0 Å². The lowest BCUT2D eigenvalue weighted by Crippen LogP contribution is -2.43. The van der Waals surface area contributed by atoms with Gasteiger partial charge in [-0.05, 0) is 81.5 Å². The molecule has 0 fully saturated rings. The predicted octanol–water partition coefficient (Wildman–Crippen LogP) is 4.32. The zero-order valence-electron chi connectivity index (χ0n) is 13.4. The molecule has 5 heteroatoms. The number of nitrogens with zero attached hydrogens (tertiary/aromatic N) is 1. The van der Waals surface area contributed by atoms with Crippen molar-refractivity contribution in [2.45, 2.75) is 46.3 Å². The van der Waals surface area contributed by atoms with Gasteiger partial charge in [0.1, 0.15) is 18.0 Å². The lowest BCUT2D eigenvalue weighted by Gasteiger charge is -2.30. The van der Waals surface area contributed by atoms with Gasteiger partial charge in [-0.1, -0.05) is 0 Å². The molecule has 0 heterocycles. The SMILES string of the molecule is CC(C)N(CCOc1ccc(I)cc1)C(=O)OC(C)(C)C. The van der Waals surface area contributed by atoms with E-state index < -0.39 is 5.60 Å². The first-order valence-corrected chi connectivity index (χ1v) is 8.15. The Morgan fingerprint density at radius 2 is 1.81 bits per heavy atom. The summed E-state index contributed by atoms with van der Waals surface area (Å²) in [5.74, 6) is 0.809. The second kappa shape index (κ2) is 7.87. The molecule has 1 aromatic rings. The normalized spacial score (nSPS) is 11.4. The van der Waals surface area contributed by atoms with Crippen LogP contribution in [0.5, 0.6) is 5.75 Å². The molecule has 0 aliphatic heterocycles. The molecule has 1 aromatic carbocycles. The number of amides is 1. The summed E-state index contributed by atoms with van der Waals surface area (Å²) in [7, 11) is 0. The van der Waals surface area contributed by atoms with Crippen LogP contribution in [-0.4, -0.2) is 35.8 Å². The monoisotopic (exact) mass is 405 g/mol. The molecular formula is C16H24INO3. The van der Waals surface area contributed by atoms with Crippen molar-refractivity contribution in [3.05, 3.63) is 27.8 Å². The van der Waals surface area contributed by atoms with Gasteiger partial charge in [0.15, 0.2) is 0 Å². The average molecular weight is 405 g/mol. The van der Waals surface area contributed by atoms with E-state index in [1.807, 2.05) is 58.9 Å². The molecule has 0 atom stereocenters. The Hall–Kier alpha value is -0.980. The van der Waals surface area contributed by atoms with Crippen molar-refractivity contribution in [3.8, 4) is 5.75 Å². The summed E-state index contributed by atoms with van der Waals surface area (Å²) in [5.41, 5.74) is -0.485. The highest BCUT2D eigenvalue weighted by atomic mass is 127. The number of hydrogen-bond donors (Lipinski definition) is 0. The van der Waals surface area contributed by atoms with Gasteiger partial charge >= 0.3 is 6.09 Å². The van der Waals surface area contributed by atoms with E-state index in [0.29, 0.717) is 13.2 Å². The maximum Gasteiger partial charge on any atom is 0.410 e. The quantitative estimate of drug-likeness (QED) is 0.686. The minimum atomic E-state index is -0.485. The molecule has 0 radical (unpaired) electrons. The van der Waals surface area contributed by atoms with E-state index in [9.17, 15) is 4.79 Å². The van der Waals surface area contributed by atoms with Crippen molar-refractivity contribution in [2.24, 2.45) is 0 Å². The molecule has 0 N–H and O–H groups in total. The Kier molecular flexibility index (Phi) is 6.77. The first-order chi connectivity index (χ1) is 9.69. The van der Waals surface area contributed by atoms with Gasteiger partial charge in [-0.3, -0.25) is 0 Å². The first kappa shape index (κ1) is 18.1. The Bertz CT molecular complexity index is 452. The van der Waals surface area contributed by atoms with Crippen LogP contribution >= 0.6 is 22.6 Å². The van der Waals surface area contributed by atoms with E-state index in [2.05, 4.69) is 22.6 Å². The molecule has 0 unspecified atom stereocenters. The van der Waals surface area contributed by atoms with Crippen LogP contribution in [0.15, 0.2) is 24.3 Å². The van der Waals surface area contributed by atoms with Crippen molar-refractivity contribution in [1.29, 1.82) is 0 Å². The number of halogens is 1. The molecule has 1 amide bonds. The second-order valence-corrected chi connectivity index (χ2v) is 7.32. The highest BCUT2D eigenvalue weighted by Gasteiger charge is 2.23. The van der Waals surface area contributed by atoms with Crippen molar-refractivity contribution in [3.63, 3.8) is 0 Å². The largest absolute Gasteiger partial charge is 0.492 e. The summed E-state index contributed by atoms with van der Waals surface area (Å²) in [5, 5.41) is 0. The van der Waals surface area contributed by atoms with Gasteiger partial charge in [-0.15, -0.1) is 0 Å². The van der Waals surface area contributed by atoms with Gasteiger partial charge in [0.05, 0.1) is 6.54 Å². The summed E-state index contributed by atoms with van der Waals surface area (Å²) in [6, 6.07) is 7.90. The highest BCUT2D eigenvalue weighted by molar-refractivity contribution is 14.1. The van der Waals surface area contributed by atoms with E-state index in [1.54, 1.807) is 4.90 Å². The molecule has 0 aliphatic rings. The molecule has 0 saturated carbocycles. The van der Waals surface area contributed by atoms with Crippen LogP contribution in [-0.2, 0) is 4.74 Å². The number of benzene rings is 1. The van der Waals surface area contributed by atoms with Crippen molar-refractivity contribution < 1.29 is 14.3 Å². The first-order valence-electron chi connectivity index (χ1n) is 7.07. The Balaban J connectivity index is 2.51. The summed E-state index contributed by atoms with van der Waals surface area (Å²) in [4.78, 5) is 13.8. The molecule has 0 aromatic heterocycles. The maximum absolute atomic E-state index is 12.1. The standard InChI is InChI=1S/C16H24INO3/c1-12(2)18(15(19)21-16(3,4)5)10-11-20-14-8-6-13(17)7-9-14/h6-9,12H,10-11H2,1-5H3. The van der Waals surface area contributed by atoms with E-state index in [4.69, 9.17) is 9.47 Å². The maximum atomic E-state index is 12.1. The van der Waals surface area contributed by atoms with Crippen LogP contribution in [0, 0.1) is 3.57 Å². The fourth-order valence-electron chi connectivity index (χ4n) is 1.67. The van der Waals surface area contributed by atoms with Crippen molar-refractivity contribution in [2.75, 3.05) is 13.2 Å². The second-order valence-electron chi connectivity index (χ2n) is 6.07. The number of carbonyl (C=O) groups excluding carboxylic acids is 1. The highest BCUT2D eigenvalue weighted by Crippen LogP contribution is 2.15. The molecular weight excluding hydrogens is 381 g/mol. The lowest BCUT2D eigenvalue weighted by atomic mass is 10.2. The van der Waals surface area contributed by atoms with Crippen LogP contribution in [0.4, 0.5) is 4.79 Å². The van der Waals surface area contributed by atoms with Crippen LogP contribution in [0.1, 0.15) is 34.6 Å². The van der Waals surface area contributed by atoms with Crippen molar-refractivity contribution >= 4 is 28.7 Å². The number of carbonyl (C=O) groups is 1. The van der Waals surface area contributed by atoms with E-state index in [1.165, 1.54) is 0 Å². The Morgan fingerprint density at radius 1 is 1.24 bits per heavy atom. The fraction of sp³-hybridized carbons (Fsp3) is 0.562. The number of ether oxygens (including phenoxy) is 2. The van der Waals surface area contributed by atoms with E-state index >= 15 is 0 Å². The Labute approximate surface area is 140 Å². The molecule has 118 valence electrons. The Morgan fingerprint density at radius 3 is 2.29 bits per heavy atom. The zero-order chi connectivity index (χ0) is 16.0. The topological polar surface area (TPSA) is 38.8 Å². The zero-order valence-corrected chi connectivity index (χ0v) is 15.5. The van der Waals surface area contributed by atoms with Crippen LogP contribution < -0.4 is 4.74 Å². The smallest absolute Gasteiger partial charge is 0.410 e. The fourth-order valence-corrected chi connectivity index (χ4v) is 2.03. The molecule has 0 aliphatic carbocycles. The van der Waals surface area contributed by atoms with Crippen LogP contribution in [0.2, 0.25) is 0 Å². The molecule has 21 heavy (non-hydrogen) atoms. The minimum Gasteiger partial charge on any atom is -0.492 e. The van der Waals surface area contributed by atoms with Crippen molar-refractivity contribution in [1.82, 2.24) is 4.90 Å². The molecule has 1 rings (SSSR count). The van der Waals surface area contributed by atoms with Crippen LogP contribution in [0.25, 0.3) is 0 Å². The summed E-state index contributed by atoms with van der Waals surface area (Å²) in [6.07, 6.45) is -0.302. The summed E-state index contributed by atoms with van der Waals surface area (Å²) in [6.45, 7) is 10.5. The number of hydrogen-bond acceptors (Lipinski definition) is 3. The number of rotatable bonds is 5. The third-order valence-electron chi connectivity index (χ3n) is 2.67. The minimum absolute atomic E-state index is 0.0696. The van der Waals surface area contributed by atoms with E-state index in [-0.39, 0.29) is 12.1 Å². The third-order valence-corrected chi connectivity index (χ3v) is 3.39. The summed E-state index contributed by atoms with van der Waals surface area (Å²) >= 11 is 2.25. The van der Waals surface area contributed by atoms with E-state index in [0.717, 1.165) is 9.32 Å². The summed E-state index contributed by atoms with van der Waals surface area (Å²) < 4.78 is 12.2. The lowest BCUT2D eigenvalue weighted by molar-refractivity contribution is 0.0164. The molecule has 0 spiro atoms. The van der Waals surface area contributed by atoms with Gasteiger partial charge in [-0.2, -0.15) is 0 Å². The van der Waals surface area contributed by atoms with Gasteiger partial charge in [0.25, 0.3) is 0 Å². The molecule has 4 nitrogen and oxygen atoms in total.